The molecule has 0 aliphatic carbocycles. The van der Waals surface area contributed by atoms with Crippen molar-refractivity contribution in [3.05, 3.63) is 35.4 Å². The van der Waals surface area contributed by atoms with Gasteiger partial charge in [0.25, 0.3) is 0 Å². The van der Waals surface area contributed by atoms with Gasteiger partial charge in [-0.05, 0) is 45.2 Å². The average molecular weight is 351 g/mol. The highest BCUT2D eigenvalue weighted by atomic mass is 19.2. The lowest BCUT2D eigenvalue weighted by Gasteiger charge is -2.23. The number of alkyl carbamates (subject to hydrolysis) is 1. The number of hydrogen-bond acceptors (Lipinski definition) is 4. The number of halogens is 2. The molecule has 136 valence electrons. The number of carbonyl (C=O) groups is 1. The topological polar surface area (TPSA) is 74.5 Å². The van der Waals surface area contributed by atoms with Gasteiger partial charge in [0, 0.05) is 18.7 Å². The van der Waals surface area contributed by atoms with Crippen LogP contribution in [-0.4, -0.2) is 36.2 Å². The maximum Gasteiger partial charge on any atom is 0.408 e. The number of rotatable bonds is 3. The number of aliphatic imine (C=N–C) groups is 1. The number of benzene rings is 1. The zero-order valence-corrected chi connectivity index (χ0v) is 14.6. The van der Waals surface area contributed by atoms with E-state index in [9.17, 15) is 13.6 Å². The van der Waals surface area contributed by atoms with Crippen molar-refractivity contribution in [2.45, 2.75) is 51.2 Å². The second-order valence-electron chi connectivity index (χ2n) is 7.03. The molecule has 0 unspecified atom stereocenters. The van der Waals surface area contributed by atoms with Crippen molar-refractivity contribution < 1.29 is 18.3 Å². The van der Waals surface area contributed by atoms with Gasteiger partial charge in [-0.15, -0.1) is 0 Å². The van der Waals surface area contributed by atoms with E-state index < -0.39 is 29.4 Å². The normalized spacial score (nSPS) is 21.1. The Bertz CT molecular complexity index is 683. The number of carbonyl (C=O) groups excluding carboxylic acids is 1. The molecule has 7 heteroatoms. The van der Waals surface area contributed by atoms with Crippen molar-refractivity contribution in [1.82, 2.24) is 5.32 Å². The molecule has 5 nitrogen and oxygen atoms in total. The number of amides is 1. The predicted molar refractivity (Wildman–Crippen MR) is 92.6 cm³/mol. The van der Waals surface area contributed by atoms with Crippen molar-refractivity contribution in [3.63, 3.8) is 0 Å². The van der Waals surface area contributed by atoms with Gasteiger partial charge in [-0.3, -0.25) is 4.99 Å². The summed E-state index contributed by atoms with van der Waals surface area (Å²) in [4.78, 5) is 16.3. The molecule has 1 aliphatic rings. The third-order valence-electron chi connectivity index (χ3n) is 3.92. The van der Waals surface area contributed by atoms with Crippen LogP contribution in [0.4, 0.5) is 13.6 Å². The molecule has 2 atom stereocenters. The van der Waals surface area contributed by atoms with Crippen molar-refractivity contribution in [3.8, 4) is 0 Å². The van der Waals surface area contributed by atoms with E-state index in [0.717, 1.165) is 12.3 Å². The van der Waals surface area contributed by atoms with Gasteiger partial charge in [0.15, 0.2) is 11.6 Å². The van der Waals surface area contributed by atoms with Gasteiger partial charge >= 0.3 is 6.09 Å². The lowest BCUT2D eigenvalue weighted by atomic mass is 9.92. The van der Waals surface area contributed by atoms with Crippen LogP contribution in [0, 0.1) is 17.0 Å². The molecular formula is C18H23F2N3O2. The summed E-state index contributed by atoms with van der Waals surface area (Å²) in [7, 11) is 0. The monoisotopic (exact) mass is 351 g/mol. The van der Waals surface area contributed by atoms with Crippen LogP contribution in [-0.2, 0) is 4.74 Å². The lowest BCUT2D eigenvalue weighted by molar-refractivity contribution is 0.0516. The smallest absolute Gasteiger partial charge is 0.408 e. The summed E-state index contributed by atoms with van der Waals surface area (Å²) in [6, 6.07) is 3.60. The van der Waals surface area contributed by atoms with Crippen molar-refractivity contribution >= 4 is 18.0 Å². The molecule has 2 rings (SSSR count). The largest absolute Gasteiger partial charge is 0.444 e. The maximum absolute atomic E-state index is 14.0. The number of nitrogens with zero attached hydrogens (tertiary/aromatic N) is 1. The first-order valence-electron chi connectivity index (χ1n) is 8.19. The molecule has 0 bridgehead atoms. The predicted octanol–water partition coefficient (Wildman–Crippen LogP) is 3.83. The van der Waals surface area contributed by atoms with Crippen LogP contribution in [0.2, 0.25) is 0 Å². The van der Waals surface area contributed by atoms with Crippen LogP contribution in [0.5, 0.6) is 0 Å². The van der Waals surface area contributed by atoms with Crippen LogP contribution in [0.15, 0.2) is 23.2 Å². The van der Waals surface area contributed by atoms with Crippen LogP contribution in [0.3, 0.4) is 0 Å². The Kier molecular flexibility index (Phi) is 5.87. The molecule has 1 aromatic rings. The van der Waals surface area contributed by atoms with Gasteiger partial charge in [-0.25, -0.2) is 13.6 Å². The fourth-order valence-corrected chi connectivity index (χ4v) is 2.76. The van der Waals surface area contributed by atoms with Crippen molar-refractivity contribution in [2.24, 2.45) is 4.99 Å². The first kappa shape index (κ1) is 19.0. The summed E-state index contributed by atoms with van der Waals surface area (Å²) in [5.41, 5.74) is 0.0282. The molecule has 0 aromatic heterocycles. The Labute approximate surface area is 146 Å². The van der Waals surface area contributed by atoms with E-state index in [1.807, 2.05) is 0 Å². The Morgan fingerprint density at radius 3 is 2.72 bits per heavy atom. The first-order chi connectivity index (χ1) is 11.7. The number of hydrogen-bond donors (Lipinski definition) is 2. The number of ether oxygens (including phenoxy) is 1. The van der Waals surface area contributed by atoms with Gasteiger partial charge in [0.05, 0.1) is 11.8 Å². The highest BCUT2D eigenvalue weighted by Crippen LogP contribution is 2.28. The Morgan fingerprint density at radius 2 is 2.08 bits per heavy atom. The standard InChI is InChI=1S/C18H23F2N3O2/c1-18(2,3)25-17(24)23-14-8-7-11(10-22-15(14)9-21)12-5-4-6-13(19)16(12)20/h4-6,9,11,14,21H,7-8,10H2,1-3H3,(H,23,24)/t11-,14-/m1/s1. The quantitative estimate of drug-likeness (QED) is 0.812. The zero-order valence-electron chi connectivity index (χ0n) is 14.6. The van der Waals surface area contributed by atoms with E-state index in [-0.39, 0.29) is 18.0 Å². The fraction of sp³-hybridized carbons (Fsp3) is 0.500. The molecule has 1 aromatic carbocycles. The molecule has 25 heavy (non-hydrogen) atoms. The highest BCUT2D eigenvalue weighted by molar-refractivity contribution is 6.32. The van der Waals surface area contributed by atoms with Gasteiger partial charge in [0.1, 0.15) is 5.60 Å². The fourth-order valence-electron chi connectivity index (χ4n) is 2.76. The molecular weight excluding hydrogens is 328 g/mol. The lowest BCUT2D eigenvalue weighted by Crippen LogP contribution is -2.43. The maximum atomic E-state index is 14.0. The van der Waals surface area contributed by atoms with Gasteiger partial charge in [-0.1, -0.05) is 12.1 Å². The average Bonchev–Trinajstić information content (AvgIpc) is 2.70. The molecule has 0 saturated heterocycles. The number of nitrogens with one attached hydrogen (secondary N) is 2. The van der Waals surface area contributed by atoms with Crippen molar-refractivity contribution in [2.75, 3.05) is 6.54 Å². The summed E-state index contributed by atoms with van der Waals surface area (Å²) in [5, 5.41) is 10.2. The van der Waals surface area contributed by atoms with E-state index in [4.69, 9.17) is 10.1 Å². The van der Waals surface area contributed by atoms with Gasteiger partial charge < -0.3 is 15.5 Å². The minimum atomic E-state index is -0.888. The van der Waals surface area contributed by atoms with Gasteiger partial charge in [-0.2, -0.15) is 0 Å². The summed E-state index contributed by atoms with van der Waals surface area (Å²) in [5.74, 6) is -2.06. The van der Waals surface area contributed by atoms with Gasteiger partial charge in [0.2, 0.25) is 0 Å². The molecule has 1 heterocycles. The van der Waals surface area contributed by atoms with E-state index in [1.165, 1.54) is 6.07 Å². The molecule has 0 spiro atoms. The second kappa shape index (κ2) is 7.72. The molecule has 0 radical (unpaired) electrons. The first-order valence-corrected chi connectivity index (χ1v) is 8.19. The highest BCUT2D eigenvalue weighted by Gasteiger charge is 2.27. The van der Waals surface area contributed by atoms with E-state index in [1.54, 1.807) is 26.8 Å². The van der Waals surface area contributed by atoms with Crippen LogP contribution in [0.1, 0.15) is 45.1 Å². The summed E-state index contributed by atoms with van der Waals surface area (Å²) < 4.78 is 32.7. The van der Waals surface area contributed by atoms with Crippen LogP contribution in [0.25, 0.3) is 0 Å². The summed E-state index contributed by atoms with van der Waals surface area (Å²) in [6.07, 6.45) is 1.43. The third-order valence-corrected chi connectivity index (χ3v) is 3.92. The van der Waals surface area contributed by atoms with E-state index >= 15 is 0 Å². The Hall–Kier alpha value is -2.31. The molecule has 0 fully saturated rings. The molecule has 0 saturated carbocycles. The molecule has 1 amide bonds. The van der Waals surface area contributed by atoms with E-state index in [0.29, 0.717) is 18.6 Å². The van der Waals surface area contributed by atoms with Crippen molar-refractivity contribution in [1.29, 1.82) is 5.41 Å². The second-order valence-corrected chi connectivity index (χ2v) is 7.03. The summed E-state index contributed by atoms with van der Waals surface area (Å²) in [6.45, 7) is 5.51. The summed E-state index contributed by atoms with van der Waals surface area (Å²) >= 11 is 0. The molecule has 2 N–H and O–H groups in total. The minimum Gasteiger partial charge on any atom is -0.444 e. The SMILES string of the molecule is CC(C)(C)OC(=O)N[C@@H]1CC[C@@H](c2cccc(F)c2F)CN=C1C=N. The Balaban J connectivity index is 2.13. The van der Waals surface area contributed by atoms with Crippen LogP contribution >= 0.6 is 0 Å². The van der Waals surface area contributed by atoms with Crippen LogP contribution < -0.4 is 5.32 Å². The molecule has 1 aliphatic heterocycles. The Morgan fingerprint density at radius 1 is 1.36 bits per heavy atom. The zero-order chi connectivity index (χ0) is 18.6. The van der Waals surface area contributed by atoms with E-state index in [2.05, 4.69) is 10.3 Å². The third kappa shape index (κ3) is 5.08. The minimum absolute atomic E-state index is 0.234.